The molecule has 3 rings (SSSR count). The predicted molar refractivity (Wildman–Crippen MR) is 63.3 cm³/mol. The van der Waals surface area contributed by atoms with Crippen molar-refractivity contribution in [2.75, 3.05) is 24.5 Å². The first-order chi connectivity index (χ1) is 7.83. The van der Waals surface area contributed by atoms with Gasteiger partial charge in [0.2, 0.25) is 0 Å². The van der Waals surface area contributed by atoms with Crippen LogP contribution >= 0.6 is 0 Å². The van der Waals surface area contributed by atoms with Crippen molar-refractivity contribution in [1.29, 1.82) is 0 Å². The van der Waals surface area contributed by atoms with Gasteiger partial charge in [0.05, 0.1) is 0 Å². The smallest absolute Gasteiger partial charge is 0.125 e. The molecule has 0 aromatic heterocycles. The van der Waals surface area contributed by atoms with Crippen molar-refractivity contribution in [1.82, 2.24) is 5.32 Å². The molecule has 2 aliphatic heterocycles. The number of fused-ring (bicyclic) bond motifs is 1. The van der Waals surface area contributed by atoms with Crippen LogP contribution in [0.5, 0.6) is 0 Å². The highest BCUT2D eigenvalue weighted by molar-refractivity contribution is 5.58. The third kappa shape index (κ3) is 1.80. The first-order valence-corrected chi connectivity index (χ1v) is 6.10. The maximum absolute atomic E-state index is 13.2. The molecule has 3 heteroatoms. The molecule has 0 amide bonds. The van der Waals surface area contributed by atoms with E-state index in [-0.39, 0.29) is 5.82 Å². The van der Waals surface area contributed by atoms with E-state index in [1.54, 1.807) is 12.1 Å². The van der Waals surface area contributed by atoms with E-state index >= 15 is 0 Å². The molecule has 1 fully saturated rings. The second kappa shape index (κ2) is 4.06. The zero-order chi connectivity index (χ0) is 11.0. The Kier molecular flexibility index (Phi) is 2.56. The quantitative estimate of drug-likeness (QED) is 0.819. The molecule has 2 heterocycles. The average Bonchev–Trinajstić information content (AvgIpc) is 2.90. The van der Waals surface area contributed by atoms with Crippen LogP contribution in [0, 0.1) is 5.82 Å². The molecule has 1 aromatic rings. The highest BCUT2D eigenvalue weighted by atomic mass is 19.1. The molecule has 0 aliphatic carbocycles. The standard InChI is InChI=1S/C13H17FN2/c14-11-4-3-10-5-7-16(13(10)8-11)9-12-2-1-6-15-12/h3-4,8,12,15H,1-2,5-7,9H2/t12-/m1/s1. The topological polar surface area (TPSA) is 15.3 Å². The number of benzene rings is 1. The molecule has 1 aromatic carbocycles. The summed E-state index contributed by atoms with van der Waals surface area (Å²) in [5.41, 5.74) is 2.40. The summed E-state index contributed by atoms with van der Waals surface area (Å²) in [6.07, 6.45) is 3.58. The van der Waals surface area contributed by atoms with E-state index in [2.05, 4.69) is 10.2 Å². The molecule has 0 spiro atoms. The lowest BCUT2D eigenvalue weighted by molar-refractivity contribution is 0.587. The lowest BCUT2D eigenvalue weighted by Gasteiger charge is -2.23. The largest absolute Gasteiger partial charge is 0.369 e. The Morgan fingerprint density at radius 3 is 3.19 bits per heavy atom. The molecule has 1 atom stereocenters. The molecule has 16 heavy (non-hydrogen) atoms. The van der Waals surface area contributed by atoms with E-state index in [0.29, 0.717) is 6.04 Å². The van der Waals surface area contributed by atoms with Crippen molar-refractivity contribution in [2.24, 2.45) is 0 Å². The van der Waals surface area contributed by atoms with Crippen LogP contribution < -0.4 is 10.2 Å². The molecule has 0 unspecified atom stereocenters. The SMILES string of the molecule is Fc1ccc2c(c1)N(C[C@H]1CCCN1)CC2. The molecule has 0 radical (unpaired) electrons. The fraction of sp³-hybridized carbons (Fsp3) is 0.538. The van der Waals surface area contributed by atoms with Gasteiger partial charge in [-0.05, 0) is 43.5 Å². The molecule has 0 saturated carbocycles. The van der Waals surface area contributed by atoms with E-state index < -0.39 is 0 Å². The molecule has 0 bridgehead atoms. The van der Waals surface area contributed by atoms with Crippen molar-refractivity contribution in [3.63, 3.8) is 0 Å². The van der Waals surface area contributed by atoms with E-state index in [9.17, 15) is 4.39 Å². The monoisotopic (exact) mass is 220 g/mol. The zero-order valence-corrected chi connectivity index (χ0v) is 9.38. The summed E-state index contributed by atoms with van der Waals surface area (Å²) in [5.74, 6) is -0.120. The number of nitrogens with zero attached hydrogens (tertiary/aromatic N) is 1. The minimum atomic E-state index is -0.120. The van der Waals surface area contributed by atoms with Gasteiger partial charge in [-0.25, -0.2) is 4.39 Å². The van der Waals surface area contributed by atoms with Gasteiger partial charge in [0.25, 0.3) is 0 Å². The molecular formula is C13H17FN2. The lowest BCUT2D eigenvalue weighted by atomic mass is 10.1. The van der Waals surface area contributed by atoms with Crippen LogP contribution in [-0.4, -0.2) is 25.7 Å². The Morgan fingerprint density at radius 2 is 2.38 bits per heavy atom. The highest BCUT2D eigenvalue weighted by Gasteiger charge is 2.23. The summed E-state index contributed by atoms with van der Waals surface area (Å²) in [5, 5.41) is 3.49. The highest BCUT2D eigenvalue weighted by Crippen LogP contribution is 2.29. The lowest BCUT2D eigenvalue weighted by Crippen LogP contribution is -2.36. The van der Waals surface area contributed by atoms with E-state index in [0.717, 1.165) is 31.7 Å². The number of rotatable bonds is 2. The third-order valence-corrected chi connectivity index (χ3v) is 3.64. The first-order valence-electron chi connectivity index (χ1n) is 6.10. The molecule has 1 N–H and O–H groups in total. The molecular weight excluding hydrogens is 203 g/mol. The van der Waals surface area contributed by atoms with Gasteiger partial charge in [-0.3, -0.25) is 0 Å². The average molecular weight is 220 g/mol. The number of nitrogens with one attached hydrogen (secondary N) is 1. The minimum absolute atomic E-state index is 0.120. The van der Waals surface area contributed by atoms with Crippen LogP contribution in [0.15, 0.2) is 18.2 Å². The second-order valence-corrected chi connectivity index (χ2v) is 4.76. The maximum Gasteiger partial charge on any atom is 0.125 e. The van der Waals surface area contributed by atoms with Crippen molar-refractivity contribution < 1.29 is 4.39 Å². The summed E-state index contributed by atoms with van der Waals surface area (Å²) in [6.45, 7) is 3.20. The van der Waals surface area contributed by atoms with Crippen LogP contribution in [0.3, 0.4) is 0 Å². The van der Waals surface area contributed by atoms with Gasteiger partial charge >= 0.3 is 0 Å². The van der Waals surface area contributed by atoms with E-state index in [1.165, 1.54) is 18.4 Å². The molecule has 2 aliphatic rings. The number of anilines is 1. The normalized spacial score (nSPS) is 23.8. The molecule has 86 valence electrons. The van der Waals surface area contributed by atoms with Crippen molar-refractivity contribution in [2.45, 2.75) is 25.3 Å². The Bertz CT molecular complexity index is 386. The van der Waals surface area contributed by atoms with E-state index in [1.807, 2.05) is 6.07 Å². The first kappa shape index (κ1) is 10.1. The minimum Gasteiger partial charge on any atom is -0.369 e. The van der Waals surface area contributed by atoms with Crippen LogP contribution in [-0.2, 0) is 6.42 Å². The van der Waals surface area contributed by atoms with Crippen LogP contribution in [0.2, 0.25) is 0 Å². The van der Waals surface area contributed by atoms with Crippen molar-refractivity contribution in [3.05, 3.63) is 29.6 Å². The van der Waals surface area contributed by atoms with Gasteiger partial charge in [-0.2, -0.15) is 0 Å². The van der Waals surface area contributed by atoms with Crippen molar-refractivity contribution >= 4 is 5.69 Å². The van der Waals surface area contributed by atoms with Gasteiger partial charge < -0.3 is 10.2 Å². The van der Waals surface area contributed by atoms with Gasteiger partial charge in [0, 0.05) is 24.8 Å². The Morgan fingerprint density at radius 1 is 1.44 bits per heavy atom. The van der Waals surface area contributed by atoms with Crippen LogP contribution in [0.25, 0.3) is 0 Å². The van der Waals surface area contributed by atoms with Gasteiger partial charge in [-0.1, -0.05) is 6.07 Å². The predicted octanol–water partition coefficient (Wildman–Crippen LogP) is 1.94. The van der Waals surface area contributed by atoms with Gasteiger partial charge in [0.1, 0.15) is 5.82 Å². The Hall–Kier alpha value is -1.09. The van der Waals surface area contributed by atoms with Gasteiger partial charge in [-0.15, -0.1) is 0 Å². The zero-order valence-electron chi connectivity index (χ0n) is 9.38. The Balaban J connectivity index is 1.77. The number of hydrogen-bond donors (Lipinski definition) is 1. The van der Waals surface area contributed by atoms with Crippen LogP contribution in [0.4, 0.5) is 10.1 Å². The van der Waals surface area contributed by atoms with Crippen molar-refractivity contribution in [3.8, 4) is 0 Å². The summed E-state index contributed by atoms with van der Waals surface area (Å²) in [6, 6.07) is 5.76. The number of halogens is 1. The van der Waals surface area contributed by atoms with E-state index in [4.69, 9.17) is 0 Å². The summed E-state index contributed by atoms with van der Waals surface area (Å²) < 4.78 is 13.2. The third-order valence-electron chi connectivity index (χ3n) is 3.64. The molecule has 1 saturated heterocycles. The Labute approximate surface area is 95.4 Å². The number of hydrogen-bond acceptors (Lipinski definition) is 2. The van der Waals surface area contributed by atoms with Crippen LogP contribution in [0.1, 0.15) is 18.4 Å². The fourth-order valence-corrected chi connectivity index (χ4v) is 2.79. The summed E-state index contributed by atoms with van der Waals surface area (Å²) >= 11 is 0. The fourth-order valence-electron chi connectivity index (χ4n) is 2.79. The molecule has 2 nitrogen and oxygen atoms in total. The van der Waals surface area contributed by atoms with Gasteiger partial charge in [0.15, 0.2) is 0 Å². The summed E-state index contributed by atoms with van der Waals surface area (Å²) in [4.78, 5) is 2.32. The second-order valence-electron chi connectivity index (χ2n) is 4.76. The maximum atomic E-state index is 13.2. The summed E-state index contributed by atoms with van der Waals surface area (Å²) in [7, 11) is 0.